The molecule has 1 atom stereocenters. The predicted octanol–water partition coefficient (Wildman–Crippen LogP) is 7.58. The molecule has 0 aliphatic carbocycles. The molecule has 1 aromatic heterocycles. The molecular formula is C29H26N2S. The van der Waals surface area contributed by atoms with Gasteiger partial charge in [0, 0.05) is 11.4 Å². The van der Waals surface area contributed by atoms with Crippen LogP contribution in [0.5, 0.6) is 0 Å². The molecule has 0 N–H and O–H groups in total. The van der Waals surface area contributed by atoms with Crippen LogP contribution in [-0.4, -0.2) is 9.55 Å². The molecule has 2 nitrogen and oxygen atoms in total. The van der Waals surface area contributed by atoms with Crippen LogP contribution in [0.15, 0.2) is 108 Å². The zero-order valence-electron chi connectivity index (χ0n) is 18.4. The van der Waals surface area contributed by atoms with Crippen LogP contribution >= 0.6 is 11.8 Å². The lowest BCUT2D eigenvalue weighted by atomic mass is 10.1. The van der Waals surface area contributed by atoms with E-state index in [4.69, 9.17) is 4.98 Å². The highest BCUT2D eigenvalue weighted by atomic mass is 32.2. The van der Waals surface area contributed by atoms with Gasteiger partial charge in [-0.05, 0) is 54.8 Å². The minimum Gasteiger partial charge on any atom is -0.322 e. The Bertz CT molecular complexity index is 1340. The third-order valence-electron chi connectivity index (χ3n) is 5.85. The number of hydrogen-bond donors (Lipinski definition) is 0. The van der Waals surface area contributed by atoms with Gasteiger partial charge < -0.3 is 4.57 Å². The molecule has 0 spiro atoms. The van der Waals surface area contributed by atoms with Crippen molar-refractivity contribution in [3.63, 3.8) is 0 Å². The number of aryl methyl sites for hydroxylation is 2. The number of fused-ring (bicyclic) bond motifs is 1. The molecule has 0 saturated carbocycles. The monoisotopic (exact) mass is 434 g/mol. The number of para-hydroxylation sites is 2. The number of aromatic nitrogens is 2. The van der Waals surface area contributed by atoms with Crippen molar-refractivity contribution in [2.24, 2.45) is 0 Å². The number of imidazole rings is 1. The van der Waals surface area contributed by atoms with Gasteiger partial charge in [0.1, 0.15) is 5.82 Å². The average Bonchev–Trinajstić information content (AvgIpc) is 3.19. The van der Waals surface area contributed by atoms with Crippen LogP contribution in [0.3, 0.4) is 0 Å². The van der Waals surface area contributed by atoms with Crippen molar-refractivity contribution >= 4 is 22.8 Å². The van der Waals surface area contributed by atoms with Crippen LogP contribution in [0.2, 0.25) is 0 Å². The molecule has 0 fully saturated rings. The standard InChI is InChI=1S/C29H26N2S/c1-21-17-18-22(2)24(19-21)20-31-27-16-10-9-15-26(27)30-29(31)28(23-11-5-3-6-12-23)32-25-13-7-4-8-14-25/h3-19,28H,20H2,1-2H3. The van der Waals surface area contributed by atoms with Gasteiger partial charge in [0.25, 0.3) is 0 Å². The Morgan fingerprint density at radius 3 is 2.25 bits per heavy atom. The summed E-state index contributed by atoms with van der Waals surface area (Å²) >= 11 is 1.86. The first-order valence-corrected chi connectivity index (χ1v) is 11.8. The maximum absolute atomic E-state index is 5.18. The highest BCUT2D eigenvalue weighted by Gasteiger charge is 2.23. The zero-order valence-corrected chi connectivity index (χ0v) is 19.2. The van der Waals surface area contributed by atoms with Crippen molar-refractivity contribution in [2.45, 2.75) is 30.5 Å². The summed E-state index contributed by atoms with van der Waals surface area (Å²) in [6, 6.07) is 36.5. The summed E-state index contributed by atoms with van der Waals surface area (Å²) in [5.41, 5.74) is 7.42. The molecule has 1 heterocycles. The molecule has 0 bridgehead atoms. The summed E-state index contributed by atoms with van der Waals surface area (Å²) in [4.78, 5) is 6.42. The van der Waals surface area contributed by atoms with Crippen LogP contribution in [0.4, 0.5) is 0 Å². The number of nitrogens with zero attached hydrogens (tertiary/aromatic N) is 2. The highest BCUT2D eigenvalue weighted by molar-refractivity contribution is 7.99. The molecule has 32 heavy (non-hydrogen) atoms. The predicted molar refractivity (Wildman–Crippen MR) is 135 cm³/mol. The van der Waals surface area contributed by atoms with Gasteiger partial charge in [0.15, 0.2) is 0 Å². The van der Waals surface area contributed by atoms with Crippen LogP contribution in [0.1, 0.15) is 33.3 Å². The van der Waals surface area contributed by atoms with Crippen LogP contribution in [-0.2, 0) is 6.54 Å². The molecule has 3 heteroatoms. The Hall–Kier alpha value is -3.30. The largest absolute Gasteiger partial charge is 0.322 e. The highest BCUT2D eigenvalue weighted by Crippen LogP contribution is 2.41. The van der Waals surface area contributed by atoms with E-state index in [0.29, 0.717) is 0 Å². The van der Waals surface area contributed by atoms with Crippen molar-refractivity contribution in [3.05, 3.63) is 131 Å². The van der Waals surface area contributed by atoms with Gasteiger partial charge >= 0.3 is 0 Å². The molecule has 1 unspecified atom stereocenters. The number of benzene rings is 4. The van der Waals surface area contributed by atoms with Crippen LogP contribution < -0.4 is 0 Å². The second-order valence-electron chi connectivity index (χ2n) is 8.20. The number of rotatable bonds is 6. The lowest BCUT2D eigenvalue weighted by Gasteiger charge is -2.20. The summed E-state index contributed by atoms with van der Waals surface area (Å²) < 4.78 is 2.41. The van der Waals surface area contributed by atoms with E-state index in [1.54, 1.807) is 0 Å². The fourth-order valence-electron chi connectivity index (χ4n) is 4.13. The van der Waals surface area contributed by atoms with Gasteiger partial charge in [-0.3, -0.25) is 0 Å². The van der Waals surface area contributed by atoms with Gasteiger partial charge in [-0.1, -0.05) is 84.4 Å². The van der Waals surface area contributed by atoms with Crippen molar-refractivity contribution in [1.29, 1.82) is 0 Å². The Kier molecular flexibility index (Phi) is 5.83. The molecule has 0 saturated heterocycles. The molecule has 0 radical (unpaired) electrons. The molecule has 158 valence electrons. The van der Waals surface area contributed by atoms with Gasteiger partial charge in [-0.15, -0.1) is 11.8 Å². The summed E-state index contributed by atoms with van der Waals surface area (Å²) in [7, 11) is 0. The Labute approximate surface area is 194 Å². The van der Waals surface area contributed by atoms with Gasteiger partial charge in [0.2, 0.25) is 0 Å². The van der Waals surface area contributed by atoms with Gasteiger partial charge in [-0.2, -0.15) is 0 Å². The van der Waals surface area contributed by atoms with Crippen molar-refractivity contribution in [2.75, 3.05) is 0 Å². The van der Waals surface area contributed by atoms with Crippen LogP contribution in [0.25, 0.3) is 11.0 Å². The molecule has 5 rings (SSSR count). The van der Waals surface area contributed by atoms with E-state index in [1.165, 1.54) is 32.7 Å². The van der Waals surface area contributed by atoms with Crippen LogP contribution in [0, 0.1) is 13.8 Å². The maximum Gasteiger partial charge on any atom is 0.128 e. The number of hydrogen-bond acceptors (Lipinski definition) is 2. The third kappa shape index (κ3) is 4.21. The first-order valence-electron chi connectivity index (χ1n) is 11.0. The van der Waals surface area contributed by atoms with Gasteiger partial charge in [-0.25, -0.2) is 4.98 Å². The van der Waals surface area contributed by atoms with E-state index < -0.39 is 0 Å². The fourth-order valence-corrected chi connectivity index (χ4v) is 5.30. The van der Waals surface area contributed by atoms with E-state index >= 15 is 0 Å². The fraction of sp³-hybridized carbons (Fsp3) is 0.138. The normalized spacial score (nSPS) is 12.2. The first kappa shape index (κ1) is 20.6. The average molecular weight is 435 g/mol. The van der Waals surface area contributed by atoms with E-state index in [2.05, 4.69) is 122 Å². The zero-order chi connectivity index (χ0) is 21.9. The van der Waals surface area contributed by atoms with Crippen molar-refractivity contribution in [1.82, 2.24) is 9.55 Å². The summed E-state index contributed by atoms with van der Waals surface area (Å²) in [5, 5.41) is 0.0936. The molecular weight excluding hydrogens is 408 g/mol. The minimum atomic E-state index is 0.0936. The molecule has 0 amide bonds. The quantitative estimate of drug-likeness (QED) is 0.256. The van der Waals surface area contributed by atoms with Crippen molar-refractivity contribution in [3.8, 4) is 0 Å². The molecule has 0 aliphatic heterocycles. The topological polar surface area (TPSA) is 17.8 Å². The molecule has 5 aromatic rings. The Morgan fingerprint density at radius 2 is 1.47 bits per heavy atom. The SMILES string of the molecule is Cc1ccc(C)c(Cn2c(C(Sc3ccccc3)c3ccccc3)nc3ccccc32)c1. The third-order valence-corrected chi connectivity index (χ3v) is 7.11. The van der Waals surface area contributed by atoms with E-state index in [9.17, 15) is 0 Å². The van der Waals surface area contributed by atoms with E-state index in [1.807, 2.05) is 11.8 Å². The molecule has 4 aromatic carbocycles. The molecule has 0 aliphatic rings. The lowest BCUT2D eigenvalue weighted by molar-refractivity contribution is 0.752. The second kappa shape index (κ2) is 9.05. The maximum atomic E-state index is 5.18. The first-order chi connectivity index (χ1) is 15.7. The van der Waals surface area contributed by atoms with E-state index in [0.717, 1.165) is 17.9 Å². The summed E-state index contributed by atoms with van der Waals surface area (Å²) in [5.74, 6) is 1.09. The summed E-state index contributed by atoms with van der Waals surface area (Å²) in [6.07, 6.45) is 0. The Morgan fingerprint density at radius 1 is 0.781 bits per heavy atom. The van der Waals surface area contributed by atoms with Gasteiger partial charge in [0.05, 0.1) is 16.3 Å². The van der Waals surface area contributed by atoms with Crippen molar-refractivity contribution < 1.29 is 0 Å². The number of thioether (sulfide) groups is 1. The summed E-state index contributed by atoms with van der Waals surface area (Å²) in [6.45, 7) is 5.16. The lowest BCUT2D eigenvalue weighted by Crippen LogP contribution is -2.10. The second-order valence-corrected chi connectivity index (χ2v) is 9.37. The smallest absolute Gasteiger partial charge is 0.128 e. The Balaban J connectivity index is 1.68. The minimum absolute atomic E-state index is 0.0936. The van der Waals surface area contributed by atoms with E-state index in [-0.39, 0.29) is 5.25 Å².